The second-order valence-electron chi connectivity index (χ2n) is 9.00. The molecule has 3 aromatic carbocycles. The van der Waals surface area contributed by atoms with E-state index >= 15 is 0 Å². The highest BCUT2D eigenvalue weighted by atomic mass is 16.2. The highest BCUT2D eigenvalue weighted by Crippen LogP contribution is 2.53. The maximum Gasteiger partial charge on any atom is 0.250 e. The Morgan fingerprint density at radius 1 is 0.758 bits per heavy atom. The molecule has 0 aliphatic carbocycles. The summed E-state index contributed by atoms with van der Waals surface area (Å²) in [5, 5.41) is 6.43. The van der Waals surface area contributed by atoms with E-state index in [4.69, 9.17) is 0 Å². The summed E-state index contributed by atoms with van der Waals surface area (Å²) in [6, 6.07) is 26.5. The molecular weight excluding hydrogens is 414 g/mol. The van der Waals surface area contributed by atoms with Gasteiger partial charge in [-0.1, -0.05) is 78.9 Å². The van der Waals surface area contributed by atoms with Crippen LogP contribution >= 0.6 is 0 Å². The molecule has 6 heteroatoms. The average Bonchev–Trinajstić information content (AvgIpc) is 3.41. The number of fused-ring (bicyclic) bond motifs is 4. The first kappa shape index (κ1) is 19.9. The highest BCUT2D eigenvalue weighted by Gasteiger charge is 2.70. The third kappa shape index (κ3) is 2.87. The predicted octanol–water partition coefficient (Wildman–Crippen LogP) is 2.85. The molecule has 2 saturated heterocycles. The number of nitrogens with zero attached hydrogens (tertiary/aromatic N) is 1. The van der Waals surface area contributed by atoms with Crippen molar-refractivity contribution in [3.63, 3.8) is 0 Å². The van der Waals surface area contributed by atoms with Crippen LogP contribution in [0.15, 0.2) is 84.9 Å². The Balaban J connectivity index is 1.45. The van der Waals surface area contributed by atoms with E-state index in [1.54, 1.807) is 0 Å². The normalized spacial score (nSPS) is 27.7. The SMILES string of the molecule is O=C1[C@@H]2[C@@H](C(=O)N1Cc1ccccc1)[C@]1(N[C@@H]2Cc2ccccc2)C(=O)Nc2ccccc21. The Hall–Kier alpha value is -3.77. The smallest absolute Gasteiger partial charge is 0.250 e. The summed E-state index contributed by atoms with van der Waals surface area (Å²) in [7, 11) is 0. The second kappa shape index (κ2) is 7.39. The van der Waals surface area contributed by atoms with E-state index in [1.165, 1.54) is 4.90 Å². The number of para-hydroxylation sites is 1. The van der Waals surface area contributed by atoms with Gasteiger partial charge < -0.3 is 5.32 Å². The van der Waals surface area contributed by atoms with Crippen LogP contribution in [0.25, 0.3) is 0 Å². The van der Waals surface area contributed by atoms with Crippen molar-refractivity contribution in [3.05, 3.63) is 102 Å². The van der Waals surface area contributed by atoms with Crippen LogP contribution in [0.4, 0.5) is 5.69 Å². The first-order valence-electron chi connectivity index (χ1n) is 11.2. The fraction of sp³-hybridized carbons (Fsp3) is 0.222. The molecule has 3 amide bonds. The van der Waals surface area contributed by atoms with E-state index in [0.29, 0.717) is 12.1 Å². The Morgan fingerprint density at radius 2 is 1.39 bits per heavy atom. The number of imide groups is 1. The third-order valence-electron chi connectivity index (χ3n) is 7.20. The van der Waals surface area contributed by atoms with Gasteiger partial charge in [0.05, 0.1) is 18.4 Å². The number of hydrogen-bond acceptors (Lipinski definition) is 4. The lowest BCUT2D eigenvalue weighted by Crippen LogP contribution is -2.53. The minimum atomic E-state index is -1.25. The predicted molar refractivity (Wildman–Crippen MR) is 123 cm³/mol. The number of hydrogen-bond donors (Lipinski definition) is 2. The monoisotopic (exact) mass is 437 g/mol. The van der Waals surface area contributed by atoms with E-state index in [9.17, 15) is 14.4 Å². The number of nitrogens with one attached hydrogen (secondary N) is 2. The number of carbonyl (C=O) groups excluding carboxylic acids is 3. The lowest BCUT2D eigenvalue weighted by atomic mass is 9.76. The first-order chi connectivity index (χ1) is 16.1. The number of carbonyl (C=O) groups is 3. The number of likely N-dealkylation sites (tertiary alicyclic amines) is 1. The zero-order chi connectivity index (χ0) is 22.6. The Morgan fingerprint density at radius 3 is 2.12 bits per heavy atom. The van der Waals surface area contributed by atoms with Crippen molar-refractivity contribution >= 4 is 23.4 Å². The average molecular weight is 437 g/mol. The largest absolute Gasteiger partial charge is 0.324 e. The molecule has 0 bridgehead atoms. The molecule has 3 aromatic rings. The topological polar surface area (TPSA) is 78.5 Å². The number of amides is 3. The molecule has 6 nitrogen and oxygen atoms in total. The minimum absolute atomic E-state index is 0.211. The number of anilines is 1. The first-order valence-corrected chi connectivity index (χ1v) is 11.2. The van der Waals surface area contributed by atoms with Crippen LogP contribution < -0.4 is 10.6 Å². The fourth-order valence-corrected chi connectivity index (χ4v) is 5.78. The number of benzene rings is 3. The van der Waals surface area contributed by atoms with Crippen molar-refractivity contribution < 1.29 is 14.4 Å². The van der Waals surface area contributed by atoms with Crippen molar-refractivity contribution in [1.29, 1.82) is 0 Å². The molecule has 6 rings (SSSR count). The van der Waals surface area contributed by atoms with Crippen LogP contribution in [0.3, 0.4) is 0 Å². The summed E-state index contributed by atoms with van der Waals surface area (Å²) in [6.45, 7) is 0.211. The highest BCUT2D eigenvalue weighted by molar-refractivity contribution is 6.15. The molecule has 0 saturated carbocycles. The maximum absolute atomic E-state index is 13.8. The van der Waals surface area contributed by atoms with E-state index in [-0.39, 0.29) is 30.3 Å². The molecule has 33 heavy (non-hydrogen) atoms. The molecule has 2 N–H and O–H groups in total. The third-order valence-corrected chi connectivity index (χ3v) is 7.20. The van der Waals surface area contributed by atoms with Gasteiger partial charge in [0.15, 0.2) is 0 Å². The molecule has 164 valence electrons. The van der Waals surface area contributed by atoms with Crippen molar-refractivity contribution in [3.8, 4) is 0 Å². The van der Waals surface area contributed by atoms with Crippen LogP contribution in [0.2, 0.25) is 0 Å². The standard InChI is InChI=1S/C27H23N3O3/c31-24-22-21(15-17-9-3-1-4-10-17)29-27(19-13-7-8-14-20(19)28-26(27)33)23(22)25(32)30(24)16-18-11-5-2-6-12-18/h1-14,21-23,29H,15-16H2,(H,28,33)/t21-,22+,23+,27+/m1/s1. The summed E-state index contributed by atoms with van der Waals surface area (Å²) in [4.78, 5) is 42.3. The van der Waals surface area contributed by atoms with Gasteiger partial charge in [-0.15, -0.1) is 0 Å². The van der Waals surface area contributed by atoms with Gasteiger partial charge in [-0.3, -0.25) is 24.6 Å². The molecule has 4 atom stereocenters. The van der Waals surface area contributed by atoms with E-state index in [0.717, 1.165) is 16.7 Å². The lowest BCUT2D eigenvalue weighted by Gasteiger charge is -2.29. The van der Waals surface area contributed by atoms with Gasteiger partial charge in [-0.25, -0.2) is 0 Å². The Labute approximate surface area is 191 Å². The van der Waals surface area contributed by atoms with Gasteiger partial charge in [0.25, 0.3) is 0 Å². The Kier molecular flexibility index (Phi) is 4.45. The van der Waals surface area contributed by atoms with Crippen molar-refractivity contribution in [2.75, 3.05) is 5.32 Å². The summed E-state index contributed by atoms with van der Waals surface area (Å²) >= 11 is 0. The van der Waals surface area contributed by atoms with Gasteiger partial charge in [0, 0.05) is 17.3 Å². The van der Waals surface area contributed by atoms with E-state index in [2.05, 4.69) is 10.6 Å². The minimum Gasteiger partial charge on any atom is -0.324 e. The van der Waals surface area contributed by atoms with Gasteiger partial charge >= 0.3 is 0 Å². The summed E-state index contributed by atoms with van der Waals surface area (Å²) < 4.78 is 0. The fourth-order valence-electron chi connectivity index (χ4n) is 5.78. The van der Waals surface area contributed by atoms with Crippen LogP contribution in [0.1, 0.15) is 16.7 Å². The van der Waals surface area contributed by atoms with Crippen LogP contribution in [0, 0.1) is 11.8 Å². The molecule has 1 spiro atoms. The number of rotatable bonds is 4. The molecule has 0 aromatic heterocycles. The van der Waals surface area contributed by atoms with Gasteiger partial charge in [0.2, 0.25) is 17.7 Å². The molecular formula is C27H23N3O3. The summed E-state index contributed by atoms with van der Waals surface area (Å²) in [5.74, 6) is -2.17. The molecule has 3 aliphatic heterocycles. The van der Waals surface area contributed by atoms with Crippen LogP contribution in [-0.4, -0.2) is 28.7 Å². The maximum atomic E-state index is 13.8. The summed E-state index contributed by atoms with van der Waals surface area (Å²) in [5.41, 5.74) is 2.12. The van der Waals surface area contributed by atoms with Crippen LogP contribution in [0.5, 0.6) is 0 Å². The zero-order valence-electron chi connectivity index (χ0n) is 17.9. The Bertz CT molecular complexity index is 1260. The van der Waals surface area contributed by atoms with Crippen LogP contribution in [-0.2, 0) is 32.9 Å². The van der Waals surface area contributed by atoms with Crippen molar-refractivity contribution in [2.24, 2.45) is 11.8 Å². The van der Waals surface area contributed by atoms with Crippen molar-refractivity contribution in [2.45, 2.75) is 24.5 Å². The molecule has 3 aliphatic rings. The van der Waals surface area contributed by atoms with Gasteiger partial charge in [-0.05, 0) is 23.6 Å². The second-order valence-corrected chi connectivity index (χ2v) is 9.00. The quantitative estimate of drug-likeness (QED) is 0.616. The van der Waals surface area contributed by atoms with E-state index in [1.807, 2.05) is 84.9 Å². The molecule has 0 radical (unpaired) electrons. The zero-order valence-corrected chi connectivity index (χ0v) is 17.9. The molecule has 2 fully saturated rings. The molecule has 0 unspecified atom stereocenters. The van der Waals surface area contributed by atoms with Gasteiger partial charge in [0.1, 0.15) is 5.54 Å². The lowest BCUT2D eigenvalue weighted by molar-refractivity contribution is -0.143. The molecule has 3 heterocycles. The van der Waals surface area contributed by atoms with Gasteiger partial charge in [-0.2, -0.15) is 0 Å². The van der Waals surface area contributed by atoms with E-state index < -0.39 is 17.4 Å². The summed E-state index contributed by atoms with van der Waals surface area (Å²) in [6.07, 6.45) is 0.553. The van der Waals surface area contributed by atoms with Crippen molar-refractivity contribution in [1.82, 2.24) is 10.2 Å².